The smallest absolute Gasteiger partial charge is 0.143 e. The van der Waals surface area contributed by atoms with Gasteiger partial charge in [-0.2, -0.15) is 0 Å². The van der Waals surface area contributed by atoms with Gasteiger partial charge in [-0.25, -0.2) is 9.97 Å². The third kappa shape index (κ3) is 3.26. The molecule has 0 radical (unpaired) electrons. The first-order valence-electron chi connectivity index (χ1n) is 7.54. The molecule has 4 heterocycles. The Morgan fingerprint density at radius 2 is 2.16 bits per heavy atom. The van der Waals surface area contributed by atoms with Crippen LogP contribution in [0.25, 0.3) is 11.0 Å². The first kappa shape index (κ1) is 16.5. The van der Waals surface area contributed by atoms with Crippen molar-refractivity contribution < 1.29 is 0 Å². The zero-order chi connectivity index (χ0) is 17.4. The van der Waals surface area contributed by atoms with Crippen LogP contribution >= 0.6 is 34.5 Å². The van der Waals surface area contributed by atoms with Crippen LogP contribution in [0.1, 0.15) is 27.1 Å². The molecule has 0 spiro atoms. The molecule has 0 aliphatic rings. The lowest BCUT2D eigenvalue weighted by Crippen LogP contribution is -2.11. The fourth-order valence-corrected chi connectivity index (χ4v) is 4.14. The first-order valence-corrected chi connectivity index (χ1v) is 9.11. The minimum Gasteiger partial charge on any atom is -0.346 e. The topological polar surface area (TPSA) is 80.5 Å². The Balaban J connectivity index is 1.65. The molecule has 25 heavy (non-hydrogen) atoms. The number of hydrogen-bond acceptors (Lipinski definition) is 5. The number of H-pyrrole nitrogens is 1. The van der Waals surface area contributed by atoms with Gasteiger partial charge in [0.15, 0.2) is 0 Å². The van der Waals surface area contributed by atoms with Crippen molar-refractivity contribution in [2.24, 2.45) is 5.73 Å². The average Bonchev–Trinajstić information content (AvgIpc) is 3.19. The highest BCUT2D eigenvalue weighted by Crippen LogP contribution is 2.32. The Hall–Kier alpha value is -1.99. The standard InChI is InChI=1S/C17H13Cl2N5S/c18-11-5-12-10(7-22-16(12)23-8-11)4-13-15(19)24-17(25-13)14(20)9-2-1-3-21-6-9/h1-3,5-8,14H,4,20H2,(H,22,23). The number of aromatic amines is 1. The van der Waals surface area contributed by atoms with Gasteiger partial charge in [0, 0.05) is 41.5 Å². The lowest BCUT2D eigenvalue weighted by atomic mass is 10.1. The van der Waals surface area contributed by atoms with Crippen molar-refractivity contribution in [1.29, 1.82) is 0 Å². The summed E-state index contributed by atoms with van der Waals surface area (Å²) in [6.45, 7) is 0. The maximum atomic E-state index is 6.35. The van der Waals surface area contributed by atoms with E-state index in [1.807, 2.05) is 24.4 Å². The molecule has 1 unspecified atom stereocenters. The van der Waals surface area contributed by atoms with Crippen molar-refractivity contribution in [2.45, 2.75) is 12.5 Å². The highest BCUT2D eigenvalue weighted by Gasteiger charge is 2.18. The molecule has 0 aromatic carbocycles. The van der Waals surface area contributed by atoms with E-state index in [1.165, 1.54) is 11.3 Å². The van der Waals surface area contributed by atoms with E-state index >= 15 is 0 Å². The summed E-state index contributed by atoms with van der Waals surface area (Å²) >= 11 is 13.9. The van der Waals surface area contributed by atoms with Crippen LogP contribution in [0.15, 0.2) is 43.0 Å². The number of nitrogens with one attached hydrogen (secondary N) is 1. The van der Waals surface area contributed by atoms with Crippen LogP contribution in [0.3, 0.4) is 0 Å². The first-order chi connectivity index (χ1) is 12.1. The Morgan fingerprint density at radius 3 is 2.96 bits per heavy atom. The van der Waals surface area contributed by atoms with Crippen LogP contribution in [0, 0.1) is 0 Å². The Morgan fingerprint density at radius 1 is 1.28 bits per heavy atom. The fraction of sp³-hybridized carbons (Fsp3) is 0.118. The minimum absolute atomic E-state index is 0.343. The van der Waals surface area contributed by atoms with E-state index < -0.39 is 0 Å². The molecule has 3 N–H and O–H groups in total. The number of nitrogens with zero attached hydrogens (tertiary/aromatic N) is 3. The minimum atomic E-state index is -0.343. The molecule has 0 aliphatic heterocycles. The monoisotopic (exact) mass is 389 g/mol. The van der Waals surface area contributed by atoms with Crippen molar-refractivity contribution in [3.63, 3.8) is 0 Å². The molecule has 0 saturated carbocycles. The van der Waals surface area contributed by atoms with Crippen molar-refractivity contribution >= 4 is 45.6 Å². The zero-order valence-electron chi connectivity index (χ0n) is 12.9. The molecule has 0 amide bonds. The highest BCUT2D eigenvalue weighted by atomic mass is 35.5. The summed E-state index contributed by atoms with van der Waals surface area (Å²) < 4.78 is 0. The summed E-state index contributed by atoms with van der Waals surface area (Å²) in [6.07, 6.45) is 7.64. The van der Waals surface area contributed by atoms with Gasteiger partial charge in [-0.1, -0.05) is 29.3 Å². The molecule has 126 valence electrons. The van der Waals surface area contributed by atoms with Gasteiger partial charge in [0.25, 0.3) is 0 Å². The van der Waals surface area contributed by atoms with Crippen LogP contribution in [-0.2, 0) is 6.42 Å². The van der Waals surface area contributed by atoms with Gasteiger partial charge >= 0.3 is 0 Å². The zero-order valence-corrected chi connectivity index (χ0v) is 15.2. The van der Waals surface area contributed by atoms with Crippen LogP contribution in [0.5, 0.6) is 0 Å². The number of pyridine rings is 2. The molecular formula is C17H13Cl2N5S. The number of nitrogens with two attached hydrogens (primary N) is 1. The van der Waals surface area contributed by atoms with Crippen LogP contribution in [0.2, 0.25) is 10.2 Å². The maximum absolute atomic E-state index is 6.35. The molecule has 8 heteroatoms. The van der Waals surface area contributed by atoms with E-state index in [2.05, 4.69) is 19.9 Å². The molecule has 0 bridgehead atoms. The van der Waals surface area contributed by atoms with E-state index in [9.17, 15) is 0 Å². The molecule has 5 nitrogen and oxygen atoms in total. The number of rotatable bonds is 4. The summed E-state index contributed by atoms with van der Waals surface area (Å²) in [5.41, 5.74) is 9.07. The number of fused-ring (bicyclic) bond motifs is 1. The number of aromatic nitrogens is 4. The summed E-state index contributed by atoms with van der Waals surface area (Å²) in [5.74, 6) is 0. The lowest BCUT2D eigenvalue weighted by Gasteiger charge is -2.07. The molecule has 0 fully saturated rings. The van der Waals surface area contributed by atoms with Gasteiger partial charge in [-0.15, -0.1) is 11.3 Å². The lowest BCUT2D eigenvalue weighted by molar-refractivity contribution is 0.850. The second-order valence-corrected chi connectivity index (χ2v) is 7.48. The molecule has 4 aromatic rings. The van der Waals surface area contributed by atoms with Gasteiger partial charge in [-0.3, -0.25) is 4.98 Å². The Labute approximate surface area is 157 Å². The Bertz CT molecular complexity index is 1030. The summed E-state index contributed by atoms with van der Waals surface area (Å²) in [4.78, 5) is 16.9. The van der Waals surface area contributed by atoms with Crippen LogP contribution < -0.4 is 5.73 Å². The van der Waals surface area contributed by atoms with Crippen LogP contribution in [-0.4, -0.2) is 19.9 Å². The molecule has 0 aliphatic carbocycles. The normalized spacial score (nSPS) is 12.6. The second kappa shape index (κ2) is 6.72. The van der Waals surface area contributed by atoms with Gasteiger partial charge in [0.1, 0.15) is 15.8 Å². The average molecular weight is 390 g/mol. The van der Waals surface area contributed by atoms with E-state index in [4.69, 9.17) is 28.9 Å². The highest BCUT2D eigenvalue weighted by molar-refractivity contribution is 7.12. The molecule has 4 rings (SSSR count). The van der Waals surface area contributed by atoms with Crippen molar-refractivity contribution in [1.82, 2.24) is 19.9 Å². The Kier molecular flexibility index (Phi) is 4.43. The van der Waals surface area contributed by atoms with Crippen molar-refractivity contribution in [3.05, 3.63) is 74.2 Å². The van der Waals surface area contributed by atoms with E-state index in [1.54, 1.807) is 18.6 Å². The van der Waals surface area contributed by atoms with E-state index in [-0.39, 0.29) is 6.04 Å². The van der Waals surface area contributed by atoms with E-state index in [0.717, 1.165) is 32.0 Å². The number of halogens is 2. The van der Waals surface area contributed by atoms with Gasteiger partial charge in [-0.05, 0) is 23.3 Å². The molecular weight excluding hydrogens is 377 g/mol. The van der Waals surface area contributed by atoms with Crippen molar-refractivity contribution in [2.75, 3.05) is 0 Å². The van der Waals surface area contributed by atoms with Gasteiger partial charge in [0.2, 0.25) is 0 Å². The summed E-state index contributed by atoms with van der Waals surface area (Å²) in [5, 5.41) is 2.82. The summed E-state index contributed by atoms with van der Waals surface area (Å²) in [6, 6.07) is 5.34. The third-order valence-corrected chi connectivity index (χ3v) is 5.68. The SMILES string of the molecule is NC(c1cccnc1)c1nc(Cl)c(Cc2c[nH]c3ncc(Cl)cc23)s1. The maximum Gasteiger partial charge on any atom is 0.143 e. The van der Waals surface area contributed by atoms with Crippen molar-refractivity contribution in [3.8, 4) is 0 Å². The van der Waals surface area contributed by atoms with Crippen LogP contribution in [0.4, 0.5) is 0 Å². The summed E-state index contributed by atoms with van der Waals surface area (Å²) in [7, 11) is 0. The molecule has 4 aromatic heterocycles. The number of hydrogen-bond donors (Lipinski definition) is 2. The fourth-order valence-electron chi connectivity index (χ4n) is 2.65. The van der Waals surface area contributed by atoms with Gasteiger partial charge < -0.3 is 10.7 Å². The molecule has 1 atom stereocenters. The largest absolute Gasteiger partial charge is 0.346 e. The quantitative estimate of drug-likeness (QED) is 0.543. The second-order valence-electron chi connectivity index (χ2n) is 5.57. The number of thiazole rings is 1. The van der Waals surface area contributed by atoms with Gasteiger partial charge in [0.05, 0.1) is 11.1 Å². The third-order valence-electron chi connectivity index (χ3n) is 3.91. The predicted octanol–water partition coefficient (Wildman–Crippen LogP) is 4.36. The van der Waals surface area contributed by atoms with E-state index in [0.29, 0.717) is 16.6 Å². The predicted molar refractivity (Wildman–Crippen MR) is 101 cm³/mol. The molecule has 0 saturated heterocycles.